The Morgan fingerprint density at radius 2 is 2.24 bits per heavy atom. The lowest BCUT2D eigenvalue weighted by Crippen LogP contribution is -2.31. The molecule has 0 saturated carbocycles. The Bertz CT molecular complexity index is 632. The molecule has 3 N–H and O–H groups in total. The minimum Gasteiger partial charge on any atom is -0.465 e. The zero-order valence-corrected chi connectivity index (χ0v) is 12.1. The Morgan fingerprint density at radius 3 is 3.00 bits per heavy atom. The summed E-state index contributed by atoms with van der Waals surface area (Å²) in [5.41, 5.74) is 1.98. The highest BCUT2D eigenvalue weighted by Crippen LogP contribution is 2.20. The Balaban J connectivity index is 1.76. The van der Waals surface area contributed by atoms with E-state index in [0.717, 1.165) is 25.2 Å². The molecule has 2 heterocycles. The number of nitrogens with one attached hydrogen (secondary N) is 3. The lowest BCUT2D eigenvalue weighted by molar-refractivity contribution is 0.0603. The highest BCUT2D eigenvalue weighted by Gasteiger charge is 2.16. The number of H-pyrrole nitrogens is 1. The summed E-state index contributed by atoms with van der Waals surface area (Å²) >= 11 is 0. The van der Waals surface area contributed by atoms with E-state index in [0.29, 0.717) is 22.9 Å². The van der Waals surface area contributed by atoms with Crippen molar-refractivity contribution in [2.24, 2.45) is 5.92 Å². The van der Waals surface area contributed by atoms with Gasteiger partial charge in [-0.2, -0.15) is 0 Å². The molecule has 1 aromatic carbocycles. The Hall–Kier alpha value is -2.08. The highest BCUT2D eigenvalue weighted by molar-refractivity contribution is 6.02. The predicted octanol–water partition coefficient (Wildman–Crippen LogP) is 1.76. The normalized spacial score (nSPS) is 16.0. The standard InChI is InChI=1S/C15H20N4O2/c1-21-14(20)11-3-2-4-12-13(11)19-15(18-12)17-9-10-5-7-16-8-6-10/h2-4,10,16H,5-9H2,1H3,(H2,17,18,19). The number of piperidine rings is 1. The van der Waals surface area contributed by atoms with Gasteiger partial charge in [-0.25, -0.2) is 9.78 Å². The van der Waals surface area contributed by atoms with E-state index in [-0.39, 0.29) is 5.97 Å². The van der Waals surface area contributed by atoms with Gasteiger partial charge in [-0.3, -0.25) is 0 Å². The van der Waals surface area contributed by atoms with Gasteiger partial charge in [0.1, 0.15) is 5.52 Å². The number of hydrogen-bond acceptors (Lipinski definition) is 5. The second-order valence-electron chi connectivity index (χ2n) is 5.35. The van der Waals surface area contributed by atoms with E-state index in [2.05, 4.69) is 20.6 Å². The predicted molar refractivity (Wildman–Crippen MR) is 81.5 cm³/mol. The van der Waals surface area contributed by atoms with Crippen LogP contribution in [0.3, 0.4) is 0 Å². The van der Waals surface area contributed by atoms with E-state index in [1.54, 1.807) is 6.07 Å². The number of carbonyl (C=O) groups excluding carboxylic acids is 1. The maximum absolute atomic E-state index is 11.7. The molecule has 1 saturated heterocycles. The summed E-state index contributed by atoms with van der Waals surface area (Å²) in [7, 11) is 1.38. The molecule has 2 aromatic rings. The van der Waals surface area contributed by atoms with Gasteiger partial charge in [0.05, 0.1) is 18.2 Å². The SMILES string of the molecule is COC(=O)c1cccc2[nH]c(NCC3CCNCC3)nc12. The van der Waals surface area contributed by atoms with E-state index >= 15 is 0 Å². The molecule has 1 fully saturated rings. The number of anilines is 1. The molecule has 0 amide bonds. The van der Waals surface area contributed by atoms with E-state index in [1.807, 2.05) is 12.1 Å². The number of aromatic amines is 1. The van der Waals surface area contributed by atoms with Crippen molar-refractivity contribution in [3.8, 4) is 0 Å². The molecule has 6 heteroatoms. The van der Waals surface area contributed by atoms with Crippen LogP contribution >= 0.6 is 0 Å². The van der Waals surface area contributed by atoms with E-state index in [9.17, 15) is 4.79 Å². The van der Waals surface area contributed by atoms with Crippen molar-refractivity contribution < 1.29 is 9.53 Å². The van der Waals surface area contributed by atoms with Crippen LogP contribution in [0, 0.1) is 5.92 Å². The fourth-order valence-corrected chi connectivity index (χ4v) is 2.72. The van der Waals surface area contributed by atoms with Gasteiger partial charge in [-0.05, 0) is 44.0 Å². The first-order valence-electron chi connectivity index (χ1n) is 7.29. The smallest absolute Gasteiger partial charge is 0.340 e. The molecule has 0 radical (unpaired) electrons. The third-order valence-corrected chi connectivity index (χ3v) is 3.93. The first-order valence-corrected chi connectivity index (χ1v) is 7.29. The monoisotopic (exact) mass is 288 g/mol. The maximum Gasteiger partial charge on any atom is 0.340 e. The topological polar surface area (TPSA) is 79.0 Å². The van der Waals surface area contributed by atoms with Crippen molar-refractivity contribution in [3.05, 3.63) is 23.8 Å². The summed E-state index contributed by atoms with van der Waals surface area (Å²) in [6.07, 6.45) is 2.36. The van der Waals surface area contributed by atoms with Gasteiger partial charge in [0.15, 0.2) is 0 Å². The number of imidazole rings is 1. The van der Waals surface area contributed by atoms with Crippen molar-refractivity contribution in [2.75, 3.05) is 32.1 Å². The zero-order valence-electron chi connectivity index (χ0n) is 12.1. The molecule has 6 nitrogen and oxygen atoms in total. The molecule has 0 aliphatic carbocycles. The summed E-state index contributed by atoms with van der Waals surface area (Å²) in [6.45, 7) is 3.06. The van der Waals surface area contributed by atoms with Crippen molar-refractivity contribution in [1.82, 2.24) is 15.3 Å². The average Bonchev–Trinajstić information content (AvgIpc) is 2.96. The minimum atomic E-state index is -0.364. The van der Waals surface area contributed by atoms with Gasteiger partial charge in [0.2, 0.25) is 5.95 Å². The van der Waals surface area contributed by atoms with Crippen molar-refractivity contribution in [2.45, 2.75) is 12.8 Å². The maximum atomic E-state index is 11.7. The zero-order chi connectivity index (χ0) is 14.7. The highest BCUT2D eigenvalue weighted by atomic mass is 16.5. The third kappa shape index (κ3) is 3.00. The third-order valence-electron chi connectivity index (χ3n) is 3.93. The summed E-state index contributed by atoms with van der Waals surface area (Å²) < 4.78 is 4.79. The molecule has 0 bridgehead atoms. The average molecular weight is 288 g/mol. The van der Waals surface area contributed by atoms with Crippen LogP contribution in [0.5, 0.6) is 0 Å². The number of benzene rings is 1. The first-order chi connectivity index (χ1) is 10.3. The number of para-hydroxylation sites is 1. The molecule has 0 unspecified atom stereocenters. The largest absolute Gasteiger partial charge is 0.465 e. The molecular formula is C15H20N4O2. The van der Waals surface area contributed by atoms with E-state index in [1.165, 1.54) is 20.0 Å². The molecule has 1 aromatic heterocycles. The minimum absolute atomic E-state index is 0.364. The van der Waals surface area contributed by atoms with Crippen LogP contribution in [-0.4, -0.2) is 42.7 Å². The molecule has 3 rings (SSSR count). The van der Waals surface area contributed by atoms with Gasteiger partial charge in [-0.1, -0.05) is 6.07 Å². The lowest BCUT2D eigenvalue weighted by atomic mass is 9.98. The molecule has 0 atom stereocenters. The van der Waals surface area contributed by atoms with Crippen molar-refractivity contribution in [3.63, 3.8) is 0 Å². The van der Waals surface area contributed by atoms with E-state index in [4.69, 9.17) is 4.74 Å². The van der Waals surface area contributed by atoms with Crippen LogP contribution in [0.25, 0.3) is 11.0 Å². The van der Waals surface area contributed by atoms with Crippen LogP contribution in [0.4, 0.5) is 5.95 Å². The fourth-order valence-electron chi connectivity index (χ4n) is 2.72. The van der Waals surface area contributed by atoms with E-state index < -0.39 is 0 Å². The number of fused-ring (bicyclic) bond motifs is 1. The Labute approximate surface area is 123 Å². The summed E-state index contributed by atoms with van der Waals surface area (Å²) in [5, 5.41) is 6.70. The molecule has 1 aliphatic heterocycles. The summed E-state index contributed by atoms with van der Waals surface area (Å²) in [5.74, 6) is 1.01. The van der Waals surface area contributed by atoms with Gasteiger partial charge < -0.3 is 20.4 Å². The molecular weight excluding hydrogens is 268 g/mol. The van der Waals surface area contributed by atoms with Gasteiger partial charge in [-0.15, -0.1) is 0 Å². The lowest BCUT2D eigenvalue weighted by Gasteiger charge is -2.22. The second kappa shape index (κ2) is 6.13. The van der Waals surface area contributed by atoms with Crippen LogP contribution in [0.1, 0.15) is 23.2 Å². The number of methoxy groups -OCH3 is 1. The van der Waals surface area contributed by atoms with Gasteiger partial charge in [0.25, 0.3) is 0 Å². The second-order valence-corrected chi connectivity index (χ2v) is 5.35. The quantitative estimate of drug-likeness (QED) is 0.747. The molecule has 0 spiro atoms. The number of carbonyl (C=O) groups is 1. The number of rotatable bonds is 4. The van der Waals surface area contributed by atoms with Crippen molar-refractivity contribution in [1.29, 1.82) is 0 Å². The first kappa shape index (κ1) is 13.9. The van der Waals surface area contributed by atoms with Crippen LogP contribution in [0.2, 0.25) is 0 Å². The number of esters is 1. The number of hydrogen-bond donors (Lipinski definition) is 3. The molecule has 112 valence electrons. The fraction of sp³-hybridized carbons (Fsp3) is 0.467. The number of ether oxygens (including phenoxy) is 1. The van der Waals surface area contributed by atoms with Crippen molar-refractivity contribution >= 4 is 23.0 Å². The van der Waals surface area contributed by atoms with Gasteiger partial charge in [0, 0.05) is 6.54 Å². The summed E-state index contributed by atoms with van der Waals surface area (Å²) in [4.78, 5) is 19.4. The Morgan fingerprint density at radius 1 is 1.43 bits per heavy atom. The Kier molecular flexibility index (Phi) is 4.06. The summed E-state index contributed by atoms with van der Waals surface area (Å²) in [6, 6.07) is 5.46. The van der Waals surface area contributed by atoms with Crippen LogP contribution in [0.15, 0.2) is 18.2 Å². The number of nitrogens with zero attached hydrogens (tertiary/aromatic N) is 1. The van der Waals surface area contributed by atoms with Crippen LogP contribution in [-0.2, 0) is 4.74 Å². The van der Waals surface area contributed by atoms with Crippen LogP contribution < -0.4 is 10.6 Å². The van der Waals surface area contributed by atoms with Gasteiger partial charge >= 0.3 is 5.97 Å². The molecule has 21 heavy (non-hydrogen) atoms. The number of aromatic nitrogens is 2. The molecule has 1 aliphatic rings.